The molecule has 6 nitrogen and oxygen atoms in total. The van der Waals surface area contributed by atoms with Crippen molar-refractivity contribution in [2.75, 3.05) is 6.54 Å². The molecule has 19 heavy (non-hydrogen) atoms. The summed E-state index contributed by atoms with van der Waals surface area (Å²) in [6, 6.07) is 0. The lowest BCUT2D eigenvalue weighted by Crippen LogP contribution is -2.41. The summed E-state index contributed by atoms with van der Waals surface area (Å²) in [4.78, 5) is 38.7. The minimum Gasteiger partial charge on any atom is -0.360 e. The van der Waals surface area contributed by atoms with Crippen LogP contribution in [0.1, 0.15) is 32.6 Å². The number of carbonyl (C=O) groups excluding carboxylic acids is 3. The van der Waals surface area contributed by atoms with E-state index in [4.69, 9.17) is 5.53 Å². The maximum atomic E-state index is 12.0. The maximum Gasteiger partial charge on any atom is 0.421 e. The summed E-state index contributed by atoms with van der Waals surface area (Å²) in [5.74, 6) is -1.96. The number of carbonyl (C=O) groups is 3. The van der Waals surface area contributed by atoms with Crippen LogP contribution in [0, 0.1) is 5.92 Å². The Hall–Kier alpha value is -2.07. The summed E-state index contributed by atoms with van der Waals surface area (Å²) < 4.78 is 0. The smallest absolute Gasteiger partial charge is 0.360 e. The van der Waals surface area contributed by atoms with Crippen LogP contribution in [0.4, 0.5) is 0 Å². The van der Waals surface area contributed by atoms with E-state index >= 15 is 0 Å². The first-order valence-corrected chi connectivity index (χ1v) is 6.22. The molecule has 1 aliphatic heterocycles. The van der Waals surface area contributed by atoms with E-state index in [2.05, 4.69) is 11.4 Å². The number of imide groups is 1. The van der Waals surface area contributed by atoms with Gasteiger partial charge in [-0.2, -0.15) is 4.79 Å². The van der Waals surface area contributed by atoms with Crippen LogP contribution in [-0.2, 0) is 14.4 Å². The maximum absolute atomic E-state index is 12.0. The Bertz CT molecular complexity index is 464. The van der Waals surface area contributed by atoms with Gasteiger partial charge in [0.2, 0.25) is 11.7 Å². The van der Waals surface area contributed by atoms with E-state index in [1.165, 1.54) is 0 Å². The van der Waals surface area contributed by atoms with Crippen molar-refractivity contribution < 1.29 is 19.2 Å². The van der Waals surface area contributed by atoms with Crippen LogP contribution in [0.15, 0.2) is 12.7 Å². The number of unbranched alkanes of at least 4 members (excludes halogenated alkanes) is 1. The molecule has 1 aliphatic rings. The zero-order chi connectivity index (χ0) is 14.4. The van der Waals surface area contributed by atoms with Gasteiger partial charge in [-0.05, 0) is 25.7 Å². The van der Waals surface area contributed by atoms with Gasteiger partial charge in [-0.25, -0.2) is 0 Å². The van der Waals surface area contributed by atoms with E-state index < -0.39 is 17.4 Å². The predicted molar refractivity (Wildman–Crippen MR) is 68.2 cm³/mol. The predicted octanol–water partition coefficient (Wildman–Crippen LogP) is 0.978. The molecule has 1 atom stereocenters. The average molecular weight is 263 g/mol. The van der Waals surface area contributed by atoms with E-state index in [0.717, 1.165) is 24.7 Å². The van der Waals surface area contributed by atoms with Gasteiger partial charge in [-0.1, -0.05) is 6.08 Å². The van der Waals surface area contributed by atoms with Crippen molar-refractivity contribution in [2.24, 2.45) is 5.92 Å². The third-order valence-corrected chi connectivity index (χ3v) is 3.16. The molecule has 1 heterocycles. The van der Waals surface area contributed by atoms with E-state index in [1.807, 2.05) is 0 Å². The molecule has 6 heteroatoms. The Morgan fingerprint density at radius 3 is 2.79 bits per heavy atom. The highest BCUT2D eigenvalue weighted by Crippen LogP contribution is 2.23. The van der Waals surface area contributed by atoms with Crippen molar-refractivity contribution in [3.63, 3.8) is 0 Å². The van der Waals surface area contributed by atoms with E-state index in [1.54, 1.807) is 6.08 Å². The van der Waals surface area contributed by atoms with E-state index in [-0.39, 0.29) is 18.4 Å². The van der Waals surface area contributed by atoms with Gasteiger partial charge in [0.05, 0.1) is 0 Å². The fourth-order valence-corrected chi connectivity index (χ4v) is 2.11. The average Bonchev–Trinajstić information content (AvgIpc) is 2.72. The molecule has 0 aromatic rings. The summed E-state index contributed by atoms with van der Waals surface area (Å²) in [7, 11) is 0. The molecule has 0 N–H and O–H groups in total. The number of rotatable bonds is 6. The number of amides is 2. The zero-order valence-corrected chi connectivity index (χ0v) is 11.0. The Morgan fingerprint density at radius 2 is 2.26 bits per heavy atom. The van der Waals surface area contributed by atoms with Gasteiger partial charge in [-0.3, -0.25) is 19.3 Å². The number of nitrogens with zero attached hydrogens (tertiary/aromatic N) is 3. The number of ketones is 1. The van der Waals surface area contributed by atoms with Crippen molar-refractivity contribution in [3.8, 4) is 0 Å². The van der Waals surface area contributed by atoms with Crippen molar-refractivity contribution in [3.05, 3.63) is 18.2 Å². The largest absolute Gasteiger partial charge is 0.421 e. The zero-order valence-electron chi connectivity index (χ0n) is 11.0. The molecule has 0 bridgehead atoms. The number of likely N-dealkylation sites (tertiary alicyclic amines) is 1. The summed E-state index contributed by atoms with van der Waals surface area (Å²) in [5.41, 5.74) is 8.05. The van der Waals surface area contributed by atoms with Gasteiger partial charge in [0.1, 0.15) is 0 Å². The molecule has 0 saturated carbocycles. The Kier molecular flexibility index (Phi) is 5.33. The molecular weight excluding hydrogens is 246 g/mol. The van der Waals surface area contributed by atoms with Gasteiger partial charge in [-0.15, -0.1) is 6.58 Å². The van der Waals surface area contributed by atoms with Crippen LogP contribution < -0.4 is 0 Å². The molecule has 1 unspecified atom stereocenters. The monoisotopic (exact) mass is 263 g/mol. The number of Topliss-reactive ketones (excluding diaryl/α,β-unsaturated/α-hetero) is 1. The molecule has 0 aromatic carbocycles. The lowest BCUT2D eigenvalue weighted by Gasteiger charge is -2.11. The van der Waals surface area contributed by atoms with E-state index in [9.17, 15) is 14.4 Å². The summed E-state index contributed by atoms with van der Waals surface area (Å²) in [5, 5.41) is 0. The second-order valence-electron chi connectivity index (χ2n) is 4.50. The standard InChI is InChI=1S/C13H17N3O3/c1-3-4-5-6-10-7-8-16(12(10)18)13(19)11(15-14)9(2)17/h3,10H,1,4-8H2,2H3. The first-order chi connectivity index (χ1) is 9.02. The van der Waals surface area contributed by atoms with Gasteiger partial charge in [0.15, 0.2) is 0 Å². The van der Waals surface area contributed by atoms with Crippen molar-refractivity contribution in [2.45, 2.75) is 32.6 Å². The van der Waals surface area contributed by atoms with Crippen LogP contribution in [0.25, 0.3) is 5.53 Å². The molecule has 0 spiro atoms. The highest BCUT2D eigenvalue weighted by atomic mass is 16.2. The minimum atomic E-state index is -0.814. The number of hydrogen-bond acceptors (Lipinski definition) is 3. The molecule has 0 radical (unpaired) electrons. The van der Waals surface area contributed by atoms with Crippen LogP contribution in [0.3, 0.4) is 0 Å². The Labute approximate surface area is 111 Å². The number of hydrogen-bond donors (Lipinski definition) is 0. The summed E-state index contributed by atoms with van der Waals surface area (Å²) >= 11 is 0. The molecule has 0 aromatic heterocycles. The lowest BCUT2D eigenvalue weighted by atomic mass is 10.0. The first-order valence-electron chi connectivity index (χ1n) is 6.22. The van der Waals surface area contributed by atoms with Gasteiger partial charge >= 0.3 is 11.6 Å². The van der Waals surface area contributed by atoms with Crippen molar-refractivity contribution in [1.82, 2.24) is 4.90 Å². The van der Waals surface area contributed by atoms with Gasteiger partial charge < -0.3 is 5.53 Å². The Morgan fingerprint density at radius 1 is 1.58 bits per heavy atom. The Balaban J connectivity index is 2.70. The quantitative estimate of drug-likeness (QED) is 0.178. The molecule has 1 saturated heterocycles. The van der Waals surface area contributed by atoms with Crippen molar-refractivity contribution >= 4 is 23.3 Å². The van der Waals surface area contributed by atoms with Gasteiger partial charge in [0, 0.05) is 19.4 Å². The molecule has 0 aliphatic carbocycles. The molecular formula is C13H17N3O3. The SMILES string of the molecule is C=CCCCC1CCN(C(=O)C(=[N+]=[N-])C(C)=O)C1=O. The third kappa shape index (κ3) is 3.45. The lowest BCUT2D eigenvalue weighted by molar-refractivity contribution is -0.142. The molecule has 1 fully saturated rings. The highest BCUT2D eigenvalue weighted by Gasteiger charge is 2.41. The first kappa shape index (κ1) is 15.0. The topological polar surface area (TPSA) is 90.8 Å². The highest BCUT2D eigenvalue weighted by molar-refractivity contribution is 6.64. The van der Waals surface area contributed by atoms with Gasteiger partial charge in [0.25, 0.3) is 0 Å². The second kappa shape index (κ2) is 6.75. The minimum absolute atomic E-state index is 0.198. The normalized spacial score (nSPS) is 18.1. The second-order valence-corrected chi connectivity index (χ2v) is 4.50. The van der Waals surface area contributed by atoms with Crippen LogP contribution in [0.5, 0.6) is 0 Å². The molecule has 1 rings (SSSR count). The van der Waals surface area contributed by atoms with Crippen LogP contribution in [-0.4, -0.2) is 39.5 Å². The summed E-state index contributed by atoms with van der Waals surface area (Å²) in [6.07, 6.45) is 4.73. The summed E-state index contributed by atoms with van der Waals surface area (Å²) in [6.45, 7) is 5.00. The fourth-order valence-electron chi connectivity index (χ4n) is 2.11. The molecule has 2 amide bonds. The third-order valence-electron chi connectivity index (χ3n) is 3.16. The van der Waals surface area contributed by atoms with Crippen LogP contribution in [0.2, 0.25) is 0 Å². The van der Waals surface area contributed by atoms with Crippen molar-refractivity contribution in [1.29, 1.82) is 0 Å². The molecule has 102 valence electrons. The number of allylic oxidation sites excluding steroid dienone is 1. The van der Waals surface area contributed by atoms with Crippen LogP contribution >= 0.6 is 0 Å². The fraction of sp³-hybridized carbons (Fsp3) is 0.538. The van der Waals surface area contributed by atoms with E-state index in [0.29, 0.717) is 12.8 Å².